The highest BCUT2D eigenvalue weighted by atomic mass is 32.2. The Hall–Kier alpha value is -3.43. The second-order valence-electron chi connectivity index (χ2n) is 7.40. The molecule has 33 heavy (non-hydrogen) atoms. The number of aromatic nitrogens is 1. The van der Waals surface area contributed by atoms with E-state index in [1.165, 1.54) is 19.2 Å². The number of hydrogen-bond acceptors (Lipinski definition) is 7. The van der Waals surface area contributed by atoms with Crippen LogP contribution in [-0.4, -0.2) is 28.9 Å². The largest absolute Gasteiger partial charge is 0.497 e. The number of hydrogen-bond donors (Lipinski definition) is 0. The van der Waals surface area contributed by atoms with Gasteiger partial charge < -0.3 is 9.15 Å². The molecule has 4 rings (SSSR count). The Morgan fingerprint density at radius 1 is 0.848 bits per heavy atom. The smallest absolute Gasteiger partial charge is 0.258 e. The molecule has 3 aromatic carbocycles. The first-order valence-electron chi connectivity index (χ1n) is 9.94. The zero-order valence-electron chi connectivity index (χ0n) is 17.9. The van der Waals surface area contributed by atoms with Crippen LogP contribution in [0.3, 0.4) is 0 Å². The fourth-order valence-corrected chi connectivity index (χ4v) is 6.39. The summed E-state index contributed by atoms with van der Waals surface area (Å²) in [6.45, 7) is 1.89. The van der Waals surface area contributed by atoms with E-state index in [4.69, 9.17) is 9.15 Å². The van der Waals surface area contributed by atoms with E-state index >= 15 is 0 Å². The van der Waals surface area contributed by atoms with E-state index in [2.05, 4.69) is 4.98 Å². The maximum absolute atomic E-state index is 13.3. The van der Waals surface area contributed by atoms with Gasteiger partial charge in [0, 0.05) is 5.56 Å². The van der Waals surface area contributed by atoms with Crippen LogP contribution in [0.2, 0.25) is 0 Å². The van der Waals surface area contributed by atoms with E-state index < -0.39 is 35.5 Å². The maximum Gasteiger partial charge on any atom is 0.258 e. The quantitative estimate of drug-likeness (QED) is 0.382. The summed E-state index contributed by atoms with van der Waals surface area (Å²) in [5, 5.41) is -1.32. The third-order valence-electron chi connectivity index (χ3n) is 4.97. The molecule has 0 aliphatic rings. The van der Waals surface area contributed by atoms with Crippen LogP contribution in [0.1, 0.15) is 11.1 Å². The molecule has 7 nitrogen and oxygen atoms in total. The highest BCUT2D eigenvalue weighted by Crippen LogP contribution is 2.33. The van der Waals surface area contributed by atoms with Crippen molar-refractivity contribution in [3.63, 3.8) is 0 Å². The van der Waals surface area contributed by atoms with Gasteiger partial charge in [0.25, 0.3) is 5.09 Å². The molecule has 1 aromatic heterocycles. The zero-order valence-corrected chi connectivity index (χ0v) is 19.6. The molecular weight excluding hydrogens is 462 g/mol. The summed E-state index contributed by atoms with van der Waals surface area (Å²) in [4.78, 5) is 4.05. The molecule has 0 N–H and O–H groups in total. The molecule has 170 valence electrons. The molecule has 0 aliphatic heterocycles. The van der Waals surface area contributed by atoms with Crippen LogP contribution >= 0.6 is 0 Å². The molecule has 0 atom stereocenters. The fourth-order valence-electron chi connectivity index (χ4n) is 3.20. The normalized spacial score (nSPS) is 11.9. The summed E-state index contributed by atoms with van der Waals surface area (Å²) in [6, 6.07) is 21.0. The van der Waals surface area contributed by atoms with Crippen LogP contribution in [0.25, 0.3) is 11.5 Å². The summed E-state index contributed by atoms with van der Waals surface area (Å²) >= 11 is 0. The van der Waals surface area contributed by atoms with Gasteiger partial charge in [0.15, 0.2) is 0 Å². The molecule has 0 aliphatic carbocycles. The molecule has 0 saturated heterocycles. The summed E-state index contributed by atoms with van der Waals surface area (Å²) in [6.07, 6.45) is 0. The van der Waals surface area contributed by atoms with Gasteiger partial charge >= 0.3 is 0 Å². The van der Waals surface area contributed by atoms with E-state index in [0.29, 0.717) is 16.9 Å². The van der Waals surface area contributed by atoms with E-state index in [-0.39, 0.29) is 10.8 Å². The molecule has 0 fully saturated rings. The lowest BCUT2D eigenvalue weighted by molar-refractivity contribution is 0.414. The minimum absolute atomic E-state index is 0.0774. The van der Waals surface area contributed by atoms with Gasteiger partial charge in [0.2, 0.25) is 30.6 Å². The Morgan fingerprint density at radius 2 is 1.48 bits per heavy atom. The number of ether oxygens (including phenoxy) is 1. The first-order chi connectivity index (χ1) is 15.7. The lowest BCUT2D eigenvalue weighted by Gasteiger charge is -2.05. The van der Waals surface area contributed by atoms with E-state index in [9.17, 15) is 16.8 Å². The number of sulfone groups is 2. The molecule has 0 amide bonds. The first-order valence-corrected chi connectivity index (χ1v) is 13.1. The molecule has 9 heteroatoms. The summed E-state index contributed by atoms with van der Waals surface area (Å²) in [7, 11) is -6.93. The topological polar surface area (TPSA) is 104 Å². The Kier molecular flexibility index (Phi) is 6.09. The molecular formula is C24H21NO6S2. The molecule has 4 aromatic rings. The monoisotopic (exact) mass is 483 g/mol. The first kappa shape index (κ1) is 22.8. The van der Waals surface area contributed by atoms with Gasteiger partial charge in [-0.1, -0.05) is 48.0 Å². The van der Waals surface area contributed by atoms with Crippen LogP contribution in [0.4, 0.5) is 0 Å². The van der Waals surface area contributed by atoms with Crippen molar-refractivity contribution in [2.24, 2.45) is 0 Å². The minimum Gasteiger partial charge on any atom is -0.497 e. The van der Waals surface area contributed by atoms with Gasteiger partial charge in [-0.05, 0) is 48.9 Å². The molecule has 0 unspecified atom stereocenters. The maximum atomic E-state index is 13.3. The predicted octanol–water partition coefficient (Wildman–Crippen LogP) is 4.47. The highest BCUT2D eigenvalue weighted by molar-refractivity contribution is 7.94. The minimum atomic E-state index is -4.26. The number of methoxy groups -OCH3 is 1. The van der Waals surface area contributed by atoms with E-state index in [0.717, 1.165) is 5.56 Å². The van der Waals surface area contributed by atoms with Gasteiger partial charge in [-0.15, -0.1) is 0 Å². The van der Waals surface area contributed by atoms with Gasteiger partial charge in [-0.2, -0.15) is 4.98 Å². The van der Waals surface area contributed by atoms with Crippen molar-refractivity contribution in [3.8, 4) is 17.2 Å². The standard InChI is InChI=1S/C24H21NO6S2/c1-17-8-10-18(11-9-17)16-32(26,27)24-23(33(28,29)21-6-4-3-5-7-21)25-22(31-24)19-12-14-20(30-2)15-13-19/h3-15H,16H2,1-2H3. The Morgan fingerprint density at radius 3 is 2.09 bits per heavy atom. The Labute approximate surface area is 192 Å². The van der Waals surface area contributed by atoms with Crippen molar-refractivity contribution in [2.75, 3.05) is 7.11 Å². The number of benzene rings is 3. The summed E-state index contributed by atoms with van der Waals surface area (Å²) in [5.41, 5.74) is 1.90. The number of aryl methyl sites for hydroxylation is 1. The number of rotatable bonds is 7. The second-order valence-corrected chi connectivity index (χ2v) is 11.2. The molecule has 0 bridgehead atoms. The second kappa shape index (κ2) is 8.84. The van der Waals surface area contributed by atoms with E-state index in [1.807, 2.05) is 6.92 Å². The Bertz CT molecular complexity index is 1470. The van der Waals surface area contributed by atoms with Crippen molar-refractivity contribution >= 4 is 19.7 Å². The molecule has 0 spiro atoms. The van der Waals surface area contributed by atoms with E-state index in [1.54, 1.807) is 66.7 Å². The van der Waals surface area contributed by atoms with Crippen molar-refractivity contribution < 1.29 is 26.0 Å². The zero-order chi connectivity index (χ0) is 23.6. The third-order valence-corrected chi connectivity index (χ3v) is 8.33. The SMILES string of the molecule is COc1ccc(-c2nc(S(=O)(=O)c3ccccc3)c(S(=O)(=O)Cc3ccc(C)cc3)o2)cc1. The van der Waals surface area contributed by atoms with Crippen LogP contribution in [-0.2, 0) is 25.4 Å². The van der Waals surface area contributed by atoms with Crippen molar-refractivity contribution in [1.82, 2.24) is 4.98 Å². The van der Waals surface area contributed by atoms with Crippen LogP contribution in [0.15, 0.2) is 98.3 Å². The van der Waals surface area contributed by atoms with Gasteiger partial charge in [0.1, 0.15) is 5.75 Å². The lowest BCUT2D eigenvalue weighted by Crippen LogP contribution is -2.11. The van der Waals surface area contributed by atoms with Crippen LogP contribution in [0.5, 0.6) is 5.75 Å². The highest BCUT2D eigenvalue weighted by Gasteiger charge is 2.35. The third kappa shape index (κ3) is 4.69. The van der Waals surface area contributed by atoms with Gasteiger partial charge in [-0.3, -0.25) is 0 Å². The number of nitrogens with zero attached hydrogens (tertiary/aromatic N) is 1. The lowest BCUT2D eigenvalue weighted by atomic mass is 10.2. The summed E-state index contributed by atoms with van der Waals surface area (Å²) < 4.78 is 64.1. The van der Waals surface area contributed by atoms with Crippen molar-refractivity contribution in [3.05, 3.63) is 90.0 Å². The number of oxazole rings is 1. The molecule has 1 heterocycles. The van der Waals surface area contributed by atoms with Crippen LogP contribution < -0.4 is 4.74 Å². The molecule has 0 saturated carbocycles. The van der Waals surface area contributed by atoms with Gasteiger partial charge in [0.05, 0.1) is 17.8 Å². The average molecular weight is 484 g/mol. The van der Waals surface area contributed by atoms with Crippen molar-refractivity contribution in [2.45, 2.75) is 27.7 Å². The Balaban J connectivity index is 1.86. The van der Waals surface area contributed by atoms with Gasteiger partial charge in [-0.25, -0.2) is 16.8 Å². The predicted molar refractivity (Wildman–Crippen MR) is 122 cm³/mol. The van der Waals surface area contributed by atoms with Crippen LogP contribution in [0, 0.1) is 6.92 Å². The fraction of sp³-hybridized carbons (Fsp3) is 0.125. The molecule has 0 radical (unpaired) electrons. The summed E-state index contributed by atoms with van der Waals surface area (Å²) in [5.74, 6) is 0.0336. The van der Waals surface area contributed by atoms with Crippen molar-refractivity contribution in [1.29, 1.82) is 0 Å². The average Bonchev–Trinajstić information content (AvgIpc) is 3.29.